The first-order valence-electron chi connectivity index (χ1n) is 6.93. The number of rotatable bonds is 3. The van der Waals surface area contributed by atoms with Gasteiger partial charge in [-0.3, -0.25) is 0 Å². The van der Waals surface area contributed by atoms with Crippen LogP contribution in [0.25, 0.3) is 0 Å². The summed E-state index contributed by atoms with van der Waals surface area (Å²) in [6, 6.07) is 5.48. The molecule has 0 aliphatic carbocycles. The molecule has 2 rings (SSSR count). The average molecular weight is 318 g/mol. The number of nitrogens with zero attached hydrogens (tertiary/aromatic N) is 1. The molecule has 1 N–H and O–H groups in total. The summed E-state index contributed by atoms with van der Waals surface area (Å²) in [5, 5.41) is 0.498. The monoisotopic (exact) mass is 317 g/mol. The maximum atomic E-state index is 12.6. The van der Waals surface area contributed by atoms with Crippen LogP contribution in [0.2, 0.25) is 5.02 Å². The largest absolute Gasteiger partial charge is 0.331 e. The molecule has 1 fully saturated rings. The van der Waals surface area contributed by atoms with Crippen LogP contribution in [-0.2, 0) is 10.0 Å². The zero-order valence-corrected chi connectivity index (χ0v) is 13.8. The van der Waals surface area contributed by atoms with Gasteiger partial charge in [0.05, 0.1) is 37.1 Å². The molecule has 0 atom stereocenters. The molecule has 1 saturated heterocycles. The predicted octanol–water partition coefficient (Wildman–Crippen LogP) is 0.946. The summed E-state index contributed by atoms with van der Waals surface area (Å²) in [7, 11) is -3.41. The number of sulfonamides is 1. The lowest BCUT2D eigenvalue weighted by Gasteiger charge is -2.33. The molecule has 20 heavy (non-hydrogen) atoms. The van der Waals surface area contributed by atoms with Gasteiger partial charge in [0, 0.05) is 5.02 Å². The smallest absolute Gasteiger partial charge is 0.243 e. The summed E-state index contributed by atoms with van der Waals surface area (Å²) in [5.74, 6) is 0. The van der Waals surface area contributed by atoms with Crippen molar-refractivity contribution >= 4 is 21.6 Å². The molecule has 1 aromatic carbocycles. The van der Waals surface area contributed by atoms with Crippen LogP contribution in [0.1, 0.15) is 19.4 Å². The number of piperazine rings is 1. The van der Waals surface area contributed by atoms with E-state index in [-0.39, 0.29) is 0 Å². The van der Waals surface area contributed by atoms with Gasteiger partial charge in [-0.25, -0.2) is 8.42 Å². The Balaban J connectivity index is 2.17. The maximum Gasteiger partial charge on any atom is 0.243 e. The lowest BCUT2D eigenvalue weighted by atomic mass is 10.2. The first-order valence-corrected chi connectivity index (χ1v) is 8.75. The molecule has 0 saturated carbocycles. The van der Waals surface area contributed by atoms with E-state index < -0.39 is 10.0 Å². The van der Waals surface area contributed by atoms with Crippen LogP contribution in [0.4, 0.5) is 0 Å². The Kier molecular flexibility index (Phi) is 4.74. The molecule has 1 aliphatic heterocycles. The second-order valence-corrected chi connectivity index (χ2v) is 7.97. The van der Waals surface area contributed by atoms with Crippen LogP contribution >= 0.6 is 11.6 Å². The topological polar surface area (TPSA) is 41.8 Å². The molecule has 1 aromatic rings. The molecule has 0 radical (unpaired) electrons. The van der Waals surface area contributed by atoms with Gasteiger partial charge < -0.3 is 4.90 Å². The normalized spacial score (nSPS) is 18.6. The molecule has 0 unspecified atom stereocenters. The Morgan fingerprint density at radius 2 is 1.85 bits per heavy atom. The summed E-state index contributed by atoms with van der Waals surface area (Å²) < 4.78 is 26.7. The van der Waals surface area contributed by atoms with Gasteiger partial charge in [-0.05, 0) is 38.5 Å². The van der Waals surface area contributed by atoms with Gasteiger partial charge in [-0.15, -0.1) is 0 Å². The summed E-state index contributed by atoms with van der Waals surface area (Å²) >= 11 is 6.04. The van der Waals surface area contributed by atoms with Crippen molar-refractivity contribution in [3.63, 3.8) is 0 Å². The number of halogens is 1. The van der Waals surface area contributed by atoms with Crippen LogP contribution in [0, 0.1) is 6.92 Å². The van der Waals surface area contributed by atoms with Crippen LogP contribution in [0.5, 0.6) is 0 Å². The Hall–Kier alpha value is -0.620. The average Bonchev–Trinajstić information content (AvgIpc) is 2.41. The fourth-order valence-corrected chi connectivity index (χ4v) is 4.19. The third-order valence-electron chi connectivity index (χ3n) is 3.96. The number of hydrogen-bond donors (Lipinski definition) is 1. The zero-order chi connectivity index (χ0) is 14.9. The lowest BCUT2D eigenvalue weighted by Crippen LogP contribution is -3.17. The van der Waals surface area contributed by atoms with Crippen molar-refractivity contribution in [2.75, 3.05) is 26.2 Å². The molecule has 1 aliphatic rings. The summed E-state index contributed by atoms with van der Waals surface area (Å²) in [5.41, 5.74) is 0.889. The van der Waals surface area contributed by atoms with E-state index in [1.165, 1.54) is 4.90 Å². The first kappa shape index (κ1) is 15.8. The van der Waals surface area contributed by atoms with E-state index in [2.05, 4.69) is 13.8 Å². The standard InChI is InChI=1S/C14H21ClN2O2S/c1-11(2)16-6-8-17(9-7-16)20(18,19)13-5-4-12(3)14(15)10-13/h4-5,10-11H,6-9H2,1-3H3/p+1. The van der Waals surface area contributed by atoms with Crippen molar-refractivity contribution in [1.82, 2.24) is 4.31 Å². The van der Waals surface area contributed by atoms with Crippen molar-refractivity contribution in [1.29, 1.82) is 0 Å². The van der Waals surface area contributed by atoms with Gasteiger partial charge in [0.15, 0.2) is 0 Å². The third kappa shape index (κ3) is 3.17. The highest BCUT2D eigenvalue weighted by Crippen LogP contribution is 2.22. The number of nitrogens with one attached hydrogen (secondary N) is 1. The summed E-state index contributed by atoms with van der Waals surface area (Å²) in [4.78, 5) is 1.75. The van der Waals surface area contributed by atoms with E-state index in [1.807, 2.05) is 6.92 Å². The van der Waals surface area contributed by atoms with E-state index in [0.29, 0.717) is 29.0 Å². The minimum Gasteiger partial charge on any atom is -0.331 e. The van der Waals surface area contributed by atoms with E-state index >= 15 is 0 Å². The predicted molar refractivity (Wildman–Crippen MR) is 80.8 cm³/mol. The molecule has 4 nitrogen and oxygen atoms in total. The molecule has 0 bridgehead atoms. The number of benzene rings is 1. The fourth-order valence-electron chi connectivity index (χ4n) is 2.47. The minimum absolute atomic E-state index is 0.293. The highest BCUT2D eigenvalue weighted by molar-refractivity contribution is 7.89. The highest BCUT2D eigenvalue weighted by atomic mass is 35.5. The van der Waals surface area contributed by atoms with Gasteiger partial charge in [-0.2, -0.15) is 4.31 Å². The summed E-state index contributed by atoms with van der Waals surface area (Å²) in [6.07, 6.45) is 0. The molecule has 1 heterocycles. The molecule has 0 spiro atoms. The first-order chi connectivity index (χ1) is 9.32. The maximum absolute atomic E-state index is 12.6. The van der Waals surface area contributed by atoms with E-state index in [0.717, 1.165) is 18.7 Å². The fraction of sp³-hybridized carbons (Fsp3) is 0.571. The van der Waals surface area contributed by atoms with Gasteiger partial charge in [0.25, 0.3) is 0 Å². The van der Waals surface area contributed by atoms with Gasteiger partial charge >= 0.3 is 0 Å². The Bertz CT molecular complexity index is 579. The number of hydrogen-bond acceptors (Lipinski definition) is 2. The van der Waals surface area contributed by atoms with Crippen molar-refractivity contribution < 1.29 is 13.3 Å². The quantitative estimate of drug-likeness (QED) is 0.902. The van der Waals surface area contributed by atoms with Crippen LogP contribution in [-0.4, -0.2) is 44.9 Å². The molecule has 0 aromatic heterocycles. The second kappa shape index (κ2) is 6.02. The van der Waals surface area contributed by atoms with Crippen molar-refractivity contribution in [2.24, 2.45) is 0 Å². The molecule has 0 amide bonds. The van der Waals surface area contributed by atoms with Crippen molar-refractivity contribution in [3.05, 3.63) is 28.8 Å². The molecular weight excluding hydrogens is 296 g/mol. The Morgan fingerprint density at radius 3 is 2.35 bits per heavy atom. The highest BCUT2D eigenvalue weighted by Gasteiger charge is 2.31. The molecular formula is C14H22ClN2O2S+. The minimum atomic E-state index is -3.41. The third-order valence-corrected chi connectivity index (χ3v) is 6.26. The van der Waals surface area contributed by atoms with Gasteiger partial charge in [0.2, 0.25) is 10.0 Å². The summed E-state index contributed by atoms with van der Waals surface area (Å²) in [6.45, 7) is 9.05. The second-order valence-electron chi connectivity index (χ2n) is 5.63. The van der Waals surface area contributed by atoms with E-state index in [1.54, 1.807) is 22.5 Å². The van der Waals surface area contributed by atoms with Crippen LogP contribution < -0.4 is 4.90 Å². The SMILES string of the molecule is Cc1ccc(S(=O)(=O)N2CC[NH+](C(C)C)CC2)cc1Cl. The van der Waals surface area contributed by atoms with Crippen LogP contribution in [0.3, 0.4) is 0 Å². The lowest BCUT2D eigenvalue weighted by molar-refractivity contribution is -0.924. The van der Waals surface area contributed by atoms with Crippen LogP contribution in [0.15, 0.2) is 23.1 Å². The molecule has 6 heteroatoms. The molecule has 112 valence electrons. The Morgan fingerprint density at radius 1 is 1.25 bits per heavy atom. The van der Waals surface area contributed by atoms with E-state index in [9.17, 15) is 8.42 Å². The zero-order valence-electron chi connectivity index (χ0n) is 12.2. The van der Waals surface area contributed by atoms with Crippen molar-refractivity contribution in [2.45, 2.75) is 31.7 Å². The Labute approximate surface area is 126 Å². The number of quaternary nitrogens is 1. The van der Waals surface area contributed by atoms with Gasteiger partial charge in [0.1, 0.15) is 0 Å². The van der Waals surface area contributed by atoms with Crippen molar-refractivity contribution in [3.8, 4) is 0 Å². The van der Waals surface area contributed by atoms with E-state index in [4.69, 9.17) is 11.6 Å². The number of aryl methyl sites for hydroxylation is 1. The van der Waals surface area contributed by atoms with Gasteiger partial charge in [-0.1, -0.05) is 17.7 Å².